The Balaban J connectivity index is 2.59. The Morgan fingerprint density at radius 1 is 1.28 bits per heavy atom. The summed E-state index contributed by atoms with van der Waals surface area (Å²) in [6.07, 6.45) is 3.56. The third kappa shape index (κ3) is 2.09. The van der Waals surface area contributed by atoms with E-state index in [1.807, 2.05) is 23.8 Å². The topological polar surface area (TPSA) is 51.5 Å². The minimum Gasteiger partial charge on any atom is -0.507 e. The van der Waals surface area contributed by atoms with Crippen LogP contribution in [0.15, 0.2) is 36.7 Å². The van der Waals surface area contributed by atoms with E-state index < -0.39 is 5.97 Å². The number of benzene rings is 1. The smallest absolute Gasteiger partial charge is 0.340 e. The fraction of sp³-hybridized carbons (Fsp3) is 0.214. The van der Waals surface area contributed by atoms with E-state index in [1.54, 1.807) is 24.4 Å². The lowest BCUT2D eigenvalue weighted by Crippen LogP contribution is -2.01. The second-order valence-electron chi connectivity index (χ2n) is 3.92. The van der Waals surface area contributed by atoms with Gasteiger partial charge in [-0.15, -0.1) is 0 Å². The van der Waals surface area contributed by atoms with Crippen LogP contribution in [0.5, 0.6) is 5.75 Å². The van der Waals surface area contributed by atoms with Gasteiger partial charge in [-0.05, 0) is 13.0 Å². The van der Waals surface area contributed by atoms with Crippen LogP contribution in [-0.2, 0) is 11.3 Å². The van der Waals surface area contributed by atoms with Crippen LogP contribution >= 0.6 is 0 Å². The van der Waals surface area contributed by atoms with Gasteiger partial charge < -0.3 is 14.4 Å². The molecule has 94 valence electrons. The Bertz CT molecular complexity index is 572. The van der Waals surface area contributed by atoms with Gasteiger partial charge in [-0.1, -0.05) is 18.2 Å². The van der Waals surface area contributed by atoms with Crippen molar-refractivity contribution in [3.8, 4) is 16.9 Å². The molecule has 0 saturated carbocycles. The van der Waals surface area contributed by atoms with Crippen LogP contribution in [0.1, 0.15) is 17.3 Å². The summed E-state index contributed by atoms with van der Waals surface area (Å²) < 4.78 is 6.65. The largest absolute Gasteiger partial charge is 0.507 e. The first kappa shape index (κ1) is 12.2. The third-order valence-corrected chi connectivity index (χ3v) is 2.84. The molecule has 0 aliphatic heterocycles. The van der Waals surface area contributed by atoms with Crippen molar-refractivity contribution in [1.29, 1.82) is 0 Å². The summed E-state index contributed by atoms with van der Waals surface area (Å²) in [6, 6.07) is 6.93. The molecule has 2 rings (SSSR count). The van der Waals surface area contributed by atoms with Gasteiger partial charge in [0.15, 0.2) is 0 Å². The van der Waals surface area contributed by atoms with Crippen LogP contribution in [0.25, 0.3) is 11.1 Å². The maximum Gasteiger partial charge on any atom is 0.340 e. The van der Waals surface area contributed by atoms with E-state index in [9.17, 15) is 9.90 Å². The number of para-hydroxylation sites is 1. The van der Waals surface area contributed by atoms with Crippen molar-refractivity contribution in [1.82, 2.24) is 4.57 Å². The van der Waals surface area contributed by atoms with E-state index in [-0.39, 0.29) is 5.75 Å². The molecule has 0 radical (unpaired) electrons. The Morgan fingerprint density at radius 3 is 2.61 bits per heavy atom. The predicted octanol–water partition coefficient (Wildman–Crippen LogP) is 2.67. The van der Waals surface area contributed by atoms with E-state index in [0.29, 0.717) is 16.7 Å². The van der Waals surface area contributed by atoms with E-state index in [2.05, 4.69) is 0 Å². The molecular weight excluding hydrogens is 230 g/mol. The summed E-state index contributed by atoms with van der Waals surface area (Å²) in [7, 11) is 1.35. The van der Waals surface area contributed by atoms with Crippen LogP contribution in [-0.4, -0.2) is 22.8 Å². The number of aromatic hydroxyl groups is 1. The second-order valence-corrected chi connectivity index (χ2v) is 3.92. The molecule has 0 spiro atoms. The Labute approximate surface area is 105 Å². The molecule has 1 aromatic heterocycles. The molecule has 0 saturated heterocycles. The second kappa shape index (κ2) is 4.96. The molecular formula is C14H15NO3. The number of phenolic OH excluding ortho intramolecular Hbond substituents is 1. The lowest BCUT2D eigenvalue weighted by molar-refractivity contribution is 0.0601. The van der Waals surface area contributed by atoms with Gasteiger partial charge in [-0.3, -0.25) is 0 Å². The molecule has 0 unspecified atom stereocenters. The van der Waals surface area contributed by atoms with Crippen LogP contribution in [0.2, 0.25) is 0 Å². The van der Waals surface area contributed by atoms with Gasteiger partial charge in [0.2, 0.25) is 0 Å². The number of carbonyl (C=O) groups excluding carboxylic acids is 1. The van der Waals surface area contributed by atoms with Crippen molar-refractivity contribution in [3.63, 3.8) is 0 Å². The highest BCUT2D eigenvalue weighted by atomic mass is 16.5. The van der Waals surface area contributed by atoms with Gasteiger partial charge in [0.25, 0.3) is 0 Å². The molecule has 4 nitrogen and oxygen atoms in total. The van der Waals surface area contributed by atoms with Gasteiger partial charge in [0, 0.05) is 30.1 Å². The maximum absolute atomic E-state index is 11.7. The third-order valence-electron chi connectivity index (χ3n) is 2.84. The van der Waals surface area contributed by atoms with Crippen molar-refractivity contribution < 1.29 is 14.6 Å². The fourth-order valence-electron chi connectivity index (χ4n) is 1.88. The van der Waals surface area contributed by atoms with Crippen molar-refractivity contribution in [2.75, 3.05) is 7.11 Å². The predicted molar refractivity (Wildman–Crippen MR) is 68.5 cm³/mol. The molecule has 0 fully saturated rings. The lowest BCUT2D eigenvalue weighted by atomic mass is 10.0. The summed E-state index contributed by atoms with van der Waals surface area (Å²) in [4.78, 5) is 11.7. The van der Waals surface area contributed by atoms with E-state index in [1.165, 1.54) is 7.11 Å². The number of aromatic nitrogens is 1. The SMILES string of the molecule is CCn1cc(C(=O)OC)c(-c2ccccc2O)c1. The zero-order chi connectivity index (χ0) is 13.1. The van der Waals surface area contributed by atoms with Gasteiger partial charge in [-0.2, -0.15) is 0 Å². The van der Waals surface area contributed by atoms with Gasteiger partial charge in [0.1, 0.15) is 5.75 Å². The maximum atomic E-state index is 11.7. The Hall–Kier alpha value is -2.23. The molecule has 1 N–H and O–H groups in total. The number of methoxy groups -OCH3 is 1. The minimum absolute atomic E-state index is 0.150. The number of phenols is 1. The van der Waals surface area contributed by atoms with E-state index in [4.69, 9.17) is 4.74 Å². The first-order chi connectivity index (χ1) is 8.67. The Morgan fingerprint density at radius 2 is 2.00 bits per heavy atom. The first-order valence-electron chi connectivity index (χ1n) is 5.73. The van der Waals surface area contributed by atoms with Gasteiger partial charge >= 0.3 is 5.97 Å². The fourth-order valence-corrected chi connectivity index (χ4v) is 1.88. The van der Waals surface area contributed by atoms with Crippen LogP contribution in [0.4, 0.5) is 0 Å². The number of carbonyl (C=O) groups is 1. The summed E-state index contributed by atoms with van der Waals surface area (Å²) in [5, 5.41) is 9.86. The average molecular weight is 245 g/mol. The highest BCUT2D eigenvalue weighted by Gasteiger charge is 2.17. The number of nitrogens with zero attached hydrogens (tertiary/aromatic N) is 1. The monoisotopic (exact) mass is 245 g/mol. The summed E-state index contributed by atoms with van der Waals surface area (Å²) in [6.45, 7) is 2.73. The number of rotatable bonds is 3. The molecule has 0 amide bonds. The molecule has 18 heavy (non-hydrogen) atoms. The van der Waals surface area contributed by atoms with Crippen LogP contribution < -0.4 is 0 Å². The molecule has 4 heteroatoms. The Kier molecular flexibility index (Phi) is 3.37. The highest BCUT2D eigenvalue weighted by Crippen LogP contribution is 2.32. The van der Waals surface area contributed by atoms with Crippen molar-refractivity contribution >= 4 is 5.97 Å². The molecule has 1 aromatic carbocycles. The summed E-state index contributed by atoms with van der Waals surface area (Å²) >= 11 is 0. The molecule has 0 aliphatic carbocycles. The van der Waals surface area contributed by atoms with E-state index in [0.717, 1.165) is 6.54 Å². The quantitative estimate of drug-likeness (QED) is 0.846. The zero-order valence-electron chi connectivity index (χ0n) is 10.4. The number of ether oxygens (including phenoxy) is 1. The lowest BCUT2D eigenvalue weighted by Gasteiger charge is -2.04. The van der Waals surface area contributed by atoms with Gasteiger partial charge in [0.05, 0.1) is 12.7 Å². The average Bonchev–Trinajstić information content (AvgIpc) is 2.82. The molecule has 0 aliphatic rings. The molecule has 0 bridgehead atoms. The number of hydrogen-bond acceptors (Lipinski definition) is 3. The van der Waals surface area contributed by atoms with Crippen molar-refractivity contribution in [3.05, 3.63) is 42.2 Å². The molecule has 1 heterocycles. The number of hydrogen-bond donors (Lipinski definition) is 1. The van der Waals surface area contributed by atoms with Crippen molar-refractivity contribution in [2.45, 2.75) is 13.5 Å². The normalized spacial score (nSPS) is 10.3. The number of esters is 1. The summed E-state index contributed by atoms with van der Waals surface area (Å²) in [5.41, 5.74) is 1.77. The van der Waals surface area contributed by atoms with E-state index >= 15 is 0 Å². The van der Waals surface area contributed by atoms with Gasteiger partial charge in [-0.25, -0.2) is 4.79 Å². The van der Waals surface area contributed by atoms with Crippen LogP contribution in [0.3, 0.4) is 0 Å². The summed E-state index contributed by atoms with van der Waals surface area (Å²) in [5.74, 6) is -0.253. The highest BCUT2D eigenvalue weighted by molar-refractivity contribution is 5.98. The zero-order valence-corrected chi connectivity index (χ0v) is 10.4. The van der Waals surface area contributed by atoms with Crippen molar-refractivity contribution in [2.24, 2.45) is 0 Å². The number of aryl methyl sites for hydroxylation is 1. The first-order valence-corrected chi connectivity index (χ1v) is 5.73. The van der Waals surface area contributed by atoms with Crippen LogP contribution in [0, 0.1) is 0 Å². The minimum atomic E-state index is -0.402. The molecule has 2 aromatic rings. The standard InChI is InChI=1S/C14H15NO3/c1-3-15-8-11(12(9-15)14(17)18-2)10-6-4-5-7-13(10)16/h4-9,16H,3H2,1-2H3. The molecule has 0 atom stereocenters.